The minimum absolute atomic E-state index is 0.0173. The van der Waals surface area contributed by atoms with E-state index in [4.69, 9.17) is 5.11 Å². The Hall–Kier alpha value is -2.19. The van der Waals surface area contributed by atoms with Crippen molar-refractivity contribution in [1.29, 1.82) is 0 Å². The van der Waals surface area contributed by atoms with Gasteiger partial charge >= 0.3 is 11.7 Å². The fourth-order valence-electron chi connectivity index (χ4n) is 2.12. The summed E-state index contributed by atoms with van der Waals surface area (Å²) in [6.45, 7) is -0.555. The number of aromatic nitrogens is 2. The molecule has 8 heteroatoms. The number of H-pyrrole nitrogens is 1. The number of aliphatic carboxylic acids is 1. The van der Waals surface area contributed by atoms with Crippen molar-refractivity contribution in [2.45, 2.75) is 12.5 Å². The minimum atomic E-state index is -1.21. The second kappa shape index (κ2) is 5.06. The van der Waals surface area contributed by atoms with Crippen molar-refractivity contribution in [3.8, 4) is 0 Å². The van der Waals surface area contributed by atoms with Crippen LogP contribution in [-0.2, 0) is 4.79 Å². The fourth-order valence-corrected chi connectivity index (χ4v) is 2.12. The van der Waals surface area contributed by atoms with E-state index in [1.54, 1.807) is 0 Å². The van der Waals surface area contributed by atoms with Crippen LogP contribution in [0, 0.1) is 5.41 Å². The van der Waals surface area contributed by atoms with E-state index in [1.807, 2.05) is 0 Å². The Morgan fingerprint density at radius 1 is 1.45 bits per heavy atom. The molecule has 1 aliphatic carbocycles. The third kappa shape index (κ3) is 2.43. The molecule has 1 heterocycles. The molecule has 2 rings (SSSR count). The van der Waals surface area contributed by atoms with Crippen molar-refractivity contribution in [3.63, 3.8) is 0 Å². The first-order valence-electron chi connectivity index (χ1n) is 5.92. The van der Waals surface area contributed by atoms with Gasteiger partial charge in [0.05, 0.1) is 18.8 Å². The van der Waals surface area contributed by atoms with Gasteiger partial charge in [-0.05, 0) is 12.5 Å². The number of aromatic amines is 1. The van der Waals surface area contributed by atoms with Gasteiger partial charge in [0.1, 0.15) is 0 Å². The van der Waals surface area contributed by atoms with Gasteiger partial charge in [-0.3, -0.25) is 14.3 Å². The summed E-state index contributed by atoms with van der Waals surface area (Å²) in [5.41, 5.74) is -2.10. The molecule has 0 aliphatic heterocycles. The van der Waals surface area contributed by atoms with Gasteiger partial charge in [-0.15, -0.1) is 0 Å². The maximum absolute atomic E-state index is 11.7. The van der Waals surface area contributed by atoms with E-state index in [0.717, 1.165) is 12.2 Å². The predicted octanol–water partition coefficient (Wildman–Crippen LogP) is -1.45. The Bertz CT molecular complexity index is 667. The molecule has 0 aromatic carbocycles. The van der Waals surface area contributed by atoms with E-state index in [0.29, 0.717) is 6.42 Å². The fraction of sp³-hybridized carbons (Fsp3) is 0.417. The maximum Gasteiger partial charge on any atom is 0.328 e. The molecule has 1 saturated carbocycles. The zero-order valence-electron chi connectivity index (χ0n) is 10.4. The predicted molar refractivity (Wildman–Crippen MR) is 68.3 cm³/mol. The molecule has 1 fully saturated rings. The average Bonchev–Trinajstić information content (AvgIpc) is 3.12. The highest BCUT2D eigenvalue weighted by Crippen LogP contribution is 2.54. The van der Waals surface area contributed by atoms with Crippen LogP contribution >= 0.6 is 0 Å². The van der Waals surface area contributed by atoms with Crippen LogP contribution in [0.2, 0.25) is 0 Å². The number of nitrogens with one attached hydrogen (secondary N) is 1. The van der Waals surface area contributed by atoms with Crippen LogP contribution in [0.15, 0.2) is 21.9 Å². The van der Waals surface area contributed by atoms with Crippen LogP contribution in [0.3, 0.4) is 0 Å². The number of carboxylic acids is 1. The lowest BCUT2D eigenvalue weighted by Gasteiger charge is -2.12. The van der Waals surface area contributed by atoms with Crippen molar-refractivity contribution in [2.75, 3.05) is 13.2 Å². The smallest absolute Gasteiger partial charge is 0.328 e. The summed E-state index contributed by atoms with van der Waals surface area (Å²) in [6, 6.07) is -0.418. The Labute approximate surface area is 112 Å². The molecule has 0 spiro atoms. The number of carbonyl (C=O) groups is 1. The van der Waals surface area contributed by atoms with Gasteiger partial charge in [0, 0.05) is 23.7 Å². The Morgan fingerprint density at radius 2 is 2.10 bits per heavy atom. The van der Waals surface area contributed by atoms with Gasteiger partial charge in [0.2, 0.25) is 0 Å². The molecule has 0 saturated heterocycles. The maximum atomic E-state index is 11.7. The van der Waals surface area contributed by atoms with Crippen molar-refractivity contribution in [2.24, 2.45) is 5.41 Å². The number of rotatable bonds is 5. The van der Waals surface area contributed by atoms with E-state index >= 15 is 0 Å². The number of nitrogens with zero attached hydrogens (tertiary/aromatic N) is 1. The van der Waals surface area contributed by atoms with E-state index in [9.17, 15) is 24.6 Å². The summed E-state index contributed by atoms with van der Waals surface area (Å²) in [6.07, 6.45) is 3.52. The number of aliphatic hydroxyl groups is 2. The van der Waals surface area contributed by atoms with Gasteiger partial charge in [-0.1, -0.05) is 0 Å². The molecule has 1 atom stereocenters. The molecule has 1 aliphatic rings. The summed E-state index contributed by atoms with van der Waals surface area (Å²) in [5.74, 6) is -1.21. The van der Waals surface area contributed by atoms with Crippen molar-refractivity contribution >= 4 is 12.0 Å². The zero-order chi connectivity index (χ0) is 14.9. The molecule has 1 aromatic heterocycles. The minimum Gasteiger partial charge on any atom is -0.478 e. The van der Waals surface area contributed by atoms with Crippen molar-refractivity contribution < 1.29 is 20.1 Å². The number of aliphatic hydroxyl groups excluding tert-OH is 2. The number of carboxylic acid groups (broad SMARTS) is 1. The second-order valence-electron chi connectivity index (χ2n) is 4.82. The molecule has 1 unspecified atom stereocenters. The number of hydrogen-bond donors (Lipinski definition) is 4. The standard InChI is InChI=1S/C12H14N2O6/c15-5-12(6-16)3-8(12)14-4-7(1-2-9(17)18)10(19)13-11(14)20/h1-2,4,8,15-16H,3,5-6H2,(H,17,18)(H,13,19,20)/b2-1+. The molecule has 4 N–H and O–H groups in total. The van der Waals surface area contributed by atoms with Gasteiger partial charge in [-0.2, -0.15) is 0 Å². The van der Waals surface area contributed by atoms with Gasteiger partial charge in [0.25, 0.3) is 5.56 Å². The first kappa shape index (κ1) is 14.2. The highest BCUT2D eigenvalue weighted by molar-refractivity contribution is 5.85. The van der Waals surface area contributed by atoms with E-state index in [2.05, 4.69) is 4.98 Å². The lowest BCUT2D eigenvalue weighted by Crippen LogP contribution is -2.32. The largest absolute Gasteiger partial charge is 0.478 e. The highest BCUT2D eigenvalue weighted by Gasteiger charge is 2.55. The van der Waals surface area contributed by atoms with E-state index in [-0.39, 0.29) is 18.8 Å². The highest BCUT2D eigenvalue weighted by atomic mass is 16.4. The quantitative estimate of drug-likeness (QED) is 0.488. The lowest BCUT2D eigenvalue weighted by molar-refractivity contribution is -0.131. The van der Waals surface area contributed by atoms with Crippen LogP contribution in [0.5, 0.6) is 0 Å². The van der Waals surface area contributed by atoms with Gasteiger partial charge in [0.15, 0.2) is 0 Å². The van der Waals surface area contributed by atoms with E-state index in [1.165, 1.54) is 10.8 Å². The molecule has 1 aromatic rings. The first-order chi connectivity index (χ1) is 9.43. The molecule has 8 nitrogen and oxygen atoms in total. The number of hydrogen-bond acceptors (Lipinski definition) is 5. The molecule has 108 valence electrons. The van der Waals surface area contributed by atoms with E-state index < -0.39 is 28.7 Å². The monoisotopic (exact) mass is 282 g/mol. The SMILES string of the molecule is O=C(O)/C=C/c1cn(C2CC2(CO)CO)c(=O)[nH]c1=O. The van der Waals surface area contributed by atoms with Crippen LogP contribution in [-0.4, -0.2) is 44.1 Å². The lowest BCUT2D eigenvalue weighted by atomic mass is 10.1. The average molecular weight is 282 g/mol. The van der Waals surface area contributed by atoms with Crippen LogP contribution in [0.1, 0.15) is 18.0 Å². The summed E-state index contributed by atoms with van der Waals surface area (Å²) >= 11 is 0. The van der Waals surface area contributed by atoms with Crippen LogP contribution in [0.25, 0.3) is 6.08 Å². The third-order valence-electron chi connectivity index (χ3n) is 3.51. The van der Waals surface area contributed by atoms with Crippen molar-refractivity contribution in [1.82, 2.24) is 9.55 Å². The summed E-state index contributed by atoms with van der Waals surface area (Å²) in [4.78, 5) is 35.8. The van der Waals surface area contributed by atoms with Gasteiger partial charge < -0.3 is 15.3 Å². The molecule has 0 radical (unpaired) electrons. The summed E-state index contributed by atoms with van der Waals surface area (Å²) in [5, 5.41) is 27.0. The summed E-state index contributed by atoms with van der Waals surface area (Å²) < 4.78 is 1.20. The Kier molecular flexibility index (Phi) is 3.60. The van der Waals surface area contributed by atoms with Crippen LogP contribution < -0.4 is 11.2 Å². The zero-order valence-corrected chi connectivity index (χ0v) is 10.4. The van der Waals surface area contributed by atoms with Crippen molar-refractivity contribution in [3.05, 3.63) is 38.7 Å². The molecule has 0 bridgehead atoms. The normalized spacial score (nSPS) is 20.2. The van der Waals surface area contributed by atoms with Gasteiger partial charge in [-0.25, -0.2) is 9.59 Å². The Morgan fingerprint density at radius 3 is 2.60 bits per heavy atom. The topological polar surface area (TPSA) is 133 Å². The molecule has 20 heavy (non-hydrogen) atoms. The third-order valence-corrected chi connectivity index (χ3v) is 3.51. The van der Waals surface area contributed by atoms with Crippen LogP contribution in [0.4, 0.5) is 0 Å². The second-order valence-corrected chi connectivity index (χ2v) is 4.82. The molecular formula is C12H14N2O6. The molecular weight excluding hydrogens is 268 g/mol. The summed E-state index contributed by atoms with van der Waals surface area (Å²) in [7, 11) is 0. The first-order valence-corrected chi connectivity index (χ1v) is 5.92. The molecule has 0 amide bonds. The Balaban J connectivity index is 2.41.